The Bertz CT molecular complexity index is 884. The number of hydrogen-bond acceptors (Lipinski definition) is 6. The highest BCUT2D eigenvalue weighted by Crippen LogP contribution is 2.27. The third kappa shape index (κ3) is 5.58. The van der Waals surface area contributed by atoms with Crippen molar-refractivity contribution < 1.29 is 23.9 Å². The van der Waals surface area contributed by atoms with Crippen LogP contribution in [-0.4, -0.2) is 37.6 Å². The molecule has 0 saturated heterocycles. The van der Waals surface area contributed by atoms with Crippen molar-refractivity contribution in [3.63, 3.8) is 0 Å². The number of carbonyl (C=O) groups is 3. The van der Waals surface area contributed by atoms with Crippen LogP contribution in [0.2, 0.25) is 0 Å². The van der Waals surface area contributed by atoms with E-state index in [-0.39, 0.29) is 17.3 Å². The standard InChI is InChI=1S/C19H18BrNO5S/c1-11(22)21-16-8-12(4-7-18(16)27-3)17(23)10-26-19(24)14-9-13(25-2)5-6-15(14)20/h4-9H,10H2,1-3H3,(H,21,22). The van der Waals surface area contributed by atoms with Crippen molar-refractivity contribution in [2.75, 3.05) is 25.3 Å². The minimum absolute atomic E-state index is 0.232. The Morgan fingerprint density at radius 1 is 1.15 bits per heavy atom. The van der Waals surface area contributed by atoms with Gasteiger partial charge in [-0.1, -0.05) is 6.07 Å². The molecule has 0 aliphatic heterocycles. The minimum atomic E-state index is -0.642. The number of anilines is 1. The Morgan fingerprint density at radius 3 is 2.52 bits per heavy atom. The van der Waals surface area contributed by atoms with Crippen molar-refractivity contribution in [1.82, 2.24) is 0 Å². The molecule has 0 atom stereocenters. The van der Waals surface area contributed by atoms with Crippen molar-refractivity contribution in [3.05, 3.63) is 52.0 Å². The second-order valence-corrected chi connectivity index (χ2v) is 7.14. The maximum absolute atomic E-state index is 12.4. The molecule has 0 spiro atoms. The van der Waals surface area contributed by atoms with Crippen LogP contribution in [0, 0.1) is 0 Å². The first kappa shape index (κ1) is 21.0. The summed E-state index contributed by atoms with van der Waals surface area (Å²) in [6.07, 6.45) is 1.87. The van der Waals surface area contributed by atoms with Crippen LogP contribution >= 0.6 is 27.7 Å². The van der Waals surface area contributed by atoms with E-state index >= 15 is 0 Å². The first-order chi connectivity index (χ1) is 12.8. The molecule has 0 unspecified atom stereocenters. The number of carbonyl (C=O) groups excluding carboxylic acids is 3. The number of nitrogens with one attached hydrogen (secondary N) is 1. The molecule has 8 heteroatoms. The molecule has 27 heavy (non-hydrogen) atoms. The lowest BCUT2D eigenvalue weighted by molar-refractivity contribution is -0.114. The number of ether oxygens (including phenoxy) is 2. The molecule has 6 nitrogen and oxygen atoms in total. The Morgan fingerprint density at radius 2 is 1.89 bits per heavy atom. The van der Waals surface area contributed by atoms with Gasteiger partial charge < -0.3 is 14.8 Å². The molecular weight excluding hydrogens is 434 g/mol. The average Bonchev–Trinajstić information content (AvgIpc) is 2.65. The first-order valence-corrected chi connectivity index (χ1v) is 9.87. The maximum Gasteiger partial charge on any atom is 0.339 e. The molecule has 0 aliphatic carbocycles. The summed E-state index contributed by atoms with van der Waals surface area (Å²) in [5.41, 5.74) is 1.15. The molecule has 0 saturated carbocycles. The molecule has 0 bridgehead atoms. The van der Waals surface area contributed by atoms with Gasteiger partial charge in [-0.2, -0.15) is 0 Å². The van der Waals surface area contributed by atoms with Crippen molar-refractivity contribution in [1.29, 1.82) is 0 Å². The molecular formula is C19H18BrNO5S. The first-order valence-electron chi connectivity index (χ1n) is 7.85. The molecule has 0 fully saturated rings. The lowest BCUT2D eigenvalue weighted by Gasteiger charge is -2.11. The van der Waals surface area contributed by atoms with Crippen LogP contribution in [-0.2, 0) is 9.53 Å². The number of ketones is 1. The van der Waals surface area contributed by atoms with E-state index in [1.165, 1.54) is 31.9 Å². The number of Topliss-reactive ketones (excluding diaryl/α,β-unsaturated/α-hetero) is 1. The van der Waals surface area contributed by atoms with Crippen LogP contribution in [0.25, 0.3) is 0 Å². The predicted molar refractivity (Wildman–Crippen MR) is 108 cm³/mol. The van der Waals surface area contributed by atoms with E-state index in [4.69, 9.17) is 9.47 Å². The van der Waals surface area contributed by atoms with Crippen LogP contribution in [0.1, 0.15) is 27.6 Å². The average molecular weight is 452 g/mol. The molecule has 142 valence electrons. The zero-order valence-corrected chi connectivity index (χ0v) is 17.4. The summed E-state index contributed by atoms with van der Waals surface area (Å²) in [6, 6.07) is 9.84. The zero-order valence-electron chi connectivity index (χ0n) is 15.0. The van der Waals surface area contributed by atoms with Gasteiger partial charge in [0.05, 0.1) is 18.4 Å². The van der Waals surface area contributed by atoms with Gasteiger partial charge in [-0.15, -0.1) is 11.8 Å². The highest BCUT2D eigenvalue weighted by Gasteiger charge is 2.16. The number of halogens is 1. The van der Waals surface area contributed by atoms with Gasteiger partial charge in [0.1, 0.15) is 5.75 Å². The minimum Gasteiger partial charge on any atom is -0.497 e. The lowest BCUT2D eigenvalue weighted by Crippen LogP contribution is -2.15. The normalized spacial score (nSPS) is 10.2. The number of thioether (sulfide) groups is 1. The summed E-state index contributed by atoms with van der Waals surface area (Å²) < 4.78 is 10.8. The van der Waals surface area contributed by atoms with Crippen LogP contribution in [0.4, 0.5) is 5.69 Å². The SMILES string of the molecule is COc1ccc(Br)c(C(=O)OCC(=O)c2ccc(SC)c(NC(C)=O)c2)c1. The number of amides is 1. The third-order valence-corrected chi connectivity index (χ3v) is 5.05. The van der Waals surface area contributed by atoms with E-state index in [0.29, 0.717) is 21.5 Å². The molecule has 0 heterocycles. The quantitative estimate of drug-likeness (QED) is 0.386. The third-order valence-electron chi connectivity index (χ3n) is 3.56. The zero-order chi connectivity index (χ0) is 20.0. The van der Waals surface area contributed by atoms with Crippen molar-refractivity contribution in [2.24, 2.45) is 0 Å². The van der Waals surface area contributed by atoms with Crippen LogP contribution in [0.3, 0.4) is 0 Å². The molecule has 2 rings (SSSR count). The molecule has 2 aromatic rings. The number of esters is 1. The summed E-state index contributed by atoms with van der Waals surface area (Å²) in [4.78, 5) is 36.8. The van der Waals surface area contributed by atoms with Crippen LogP contribution in [0.5, 0.6) is 5.75 Å². The Labute approximate surface area is 169 Å². The number of hydrogen-bond donors (Lipinski definition) is 1. The van der Waals surface area contributed by atoms with Crippen LogP contribution in [0.15, 0.2) is 45.8 Å². The Kier molecular flexibility index (Phi) is 7.44. The van der Waals surface area contributed by atoms with Gasteiger partial charge in [-0.3, -0.25) is 9.59 Å². The smallest absolute Gasteiger partial charge is 0.339 e. The largest absolute Gasteiger partial charge is 0.497 e. The Balaban J connectivity index is 2.11. The summed E-state index contributed by atoms with van der Waals surface area (Å²) >= 11 is 4.73. The fraction of sp³-hybridized carbons (Fsp3) is 0.211. The molecule has 0 radical (unpaired) electrons. The number of rotatable bonds is 7. The maximum atomic E-state index is 12.4. The summed E-state index contributed by atoms with van der Waals surface area (Å²) in [7, 11) is 1.49. The van der Waals surface area contributed by atoms with Crippen molar-refractivity contribution in [2.45, 2.75) is 11.8 Å². The molecule has 2 aromatic carbocycles. The van der Waals surface area contributed by atoms with Gasteiger partial charge in [0, 0.05) is 21.9 Å². The van der Waals surface area contributed by atoms with E-state index in [9.17, 15) is 14.4 Å². The highest BCUT2D eigenvalue weighted by atomic mass is 79.9. The van der Waals surface area contributed by atoms with Gasteiger partial charge in [0.2, 0.25) is 5.91 Å². The topological polar surface area (TPSA) is 81.7 Å². The van der Waals surface area contributed by atoms with Crippen molar-refractivity contribution in [3.8, 4) is 5.75 Å². The van der Waals surface area contributed by atoms with E-state index < -0.39 is 12.6 Å². The Hall–Kier alpha value is -2.32. The van der Waals surface area contributed by atoms with Crippen molar-refractivity contribution >= 4 is 51.0 Å². The van der Waals surface area contributed by atoms with Crippen LogP contribution < -0.4 is 10.1 Å². The summed E-state index contributed by atoms with van der Waals surface area (Å²) in [5.74, 6) is -0.744. The highest BCUT2D eigenvalue weighted by molar-refractivity contribution is 9.10. The van der Waals surface area contributed by atoms with E-state index in [2.05, 4.69) is 21.2 Å². The van der Waals surface area contributed by atoms with Gasteiger partial charge in [0.25, 0.3) is 0 Å². The molecule has 1 amide bonds. The van der Waals surface area contributed by atoms with Gasteiger partial charge >= 0.3 is 5.97 Å². The molecule has 0 aliphatic rings. The lowest BCUT2D eigenvalue weighted by atomic mass is 10.1. The summed E-state index contributed by atoms with van der Waals surface area (Å²) in [6.45, 7) is 0.979. The molecule has 0 aromatic heterocycles. The molecule has 1 N–H and O–H groups in total. The fourth-order valence-corrected chi connectivity index (χ4v) is 3.19. The van der Waals surface area contributed by atoms with E-state index in [0.717, 1.165) is 4.90 Å². The van der Waals surface area contributed by atoms with Gasteiger partial charge in [-0.25, -0.2) is 4.79 Å². The predicted octanol–water partition coefficient (Wildman–Crippen LogP) is 4.18. The second kappa shape index (κ2) is 9.57. The fourth-order valence-electron chi connectivity index (χ4n) is 2.25. The monoisotopic (exact) mass is 451 g/mol. The second-order valence-electron chi connectivity index (χ2n) is 5.44. The van der Waals surface area contributed by atoms with Gasteiger partial charge in [-0.05, 0) is 52.5 Å². The number of methoxy groups -OCH3 is 1. The number of benzene rings is 2. The van der Waals surface area contributed by atoms with E-state index in [1.807, 2.05) is 6.26 Å². The summed E-state index contributed by atoms with van der Waals surface area (Å²) in [5, 5.41) is 2.69. The van der Waals surface area contributed by atoms with E-state index in [1.54, 1.807) is 30.3 Å². The van der Waals surface area contributed by atoms with Gasteiger partial charge in [0.15, 0.2) is 12.4 Å².